The third-order valence-electron chi connectivity index (χ3n) is 4.82. The van der Waals surface area contributed by atoms with E-state index in [1.807, 2.05) is 55.5 Å². The molecule has 1 atom stereocenters. The van der Waals surface area contributed by atoms with Crippen LogP contribution < -0.4 is 10.2 Å². The lowest BCUT2D eigenvalue weighted by Crippen LogP contribution is -2.32. The zero-order valence-corrected chi connectivity index (χ0v) is 19.3. The van der Waals surface area contributed by atoms with Gasteiger partial charge in [-0.05, 0) is 35.7 Å². The van der Waals surface area contributed by atoms with E-state index in [-0.39, 0.29) is 13.0 Å². The SMILES string of the molecule is COC(=O)CC(NC(=O)OCc1ccccc1)c1cc(N(CCCl)CCCl)ccc1C. The number of amides is 1. The van der Waals surface area contributed by atoms with Crippen LogP contribution in [0.25, 0.3) is 0 Å². The number of carbonyl (C=O) groups is 2. The Morgan fingerprint density at radius 1 is 1.06 bits per heavy atom. The molecule has 6 nitrogen and oxygen atoms in total. The van der Waals surface area contributed by atoms with E-state index in [2.05, 4.69) is 10.2 Å². The number of anilines is 1. The molecule has 168 valence electrons. The predicted molar refractivity (Wildman–Crippen MR) is 124 cm³/mol. The molecule has 1 unspecified atom stereocenters. The molecule has 0 saturated heterocycles. The van der Waals surface area contributed by atoms with Gasteiger partial charge in [-0.2, -0.15) is 0 Å². The number of carbonyl (C=O) groups excluding carboxylic acids is 2. The van der Waals surface area contributed by atoms with Crippen LogP contribution in [-0.4, -0.2) is 44.0 Å². The Bertz CT molecular complexity index is 843. The molecular formula is C23H28Cl2N2O4. The van der Waals surface area contributed by atoms with Crippen molar-refractivity contribution in [3.05, 3.63) is 65.2 Å². The largest absolute Gasteiger partial charge is 0.469 e. The number of alkyl halides is 2. The lowest BCUT2D eigenvalue weighted by molar-refractivity contribution is -0.141. The van der Waals surface area contributed by atoms with Crippen molar-refractivity contribution in [2.24, 2.45) is 0 Å². The Balaban J connectivity index is 2.22. The molecule has 1 amide bonds. The van der Waals surface area contributed by atoms with E-state index in [1.54, 1.807) is 0 Å². The van der Waals surface area contributed by atoms with Crippen molar-refractivity contribution >= 4 is 41.0 Å². The lowest BCUT2D eigenvalue weighted by Gasteiger charge is -2.26. The second-order valence-electron chi connectivity index (χ2n) is 6.94. The Morgan fingerprint density at radius 3 is 2.35 bits per heavy atom. The summed E-state index contributed by atoms with van der Waals surface area (Å²) in [4.78, 5) is 26.6. The Hall–Kier alpha value is -2.44. The smallest absolute Gasteiger partial charge is 0.407 e. The van der Waals surface area contributed by atoms with Crippen molar-refractivity contribution in [3.8, 4) is 0 Å². The Labute approximate surface area is 193 Å². The maximum absolute atomic E-state index is 12.5. The van der Waals surface area contributed by atoms with Crippen LogP contribution >= 0.6 is 23.2 Å². The monoisotopic (exact) mass is 466 g/mol. The van der Waals surface area contributed by atoms with Gasteiger partial charge in [0.05, 0.1) is 19.6 Å². The molecule has 2 aromatic rings. The van der Waals surface area contributed by atoms with Gasteiger partial charge in [-0.25, -0.2) is 4.79 Å². The van der Waals surface area contributed by atoms with E-state index >= 15 is 0 Å². The lowest BCUT2D eigenvalue weighted by atomic mass is 9.97. The normalized spacial score (nSPS) is 11.5. The summed E-state index contributed by atoms with van der Waals surface area (Å²) in [6, 6.07) is 14.6. The van der Waals surface area contributed by atoms with Crippen LogP contribution in [0.4, 0.5) is 10.5 Å². The molecule has 31 heavy (non-hydrogen) atoms. The summed E-state index contributed by atoms with van der Waals surface area (Å²) in [5, 5.41) is 2.81. The minimum absolute atomic E-state index is 0.0216. The molecular weight excluding hydrogens is 439 g/mol. The van der Waals surface area contributed by atoms with E-state index in [1.165, 1.54) is 7.11 Å². The quantitative estimate of drug-likeness (QED) is 0.380. The summed E-state index contributed by atoms with van der Waals surface area (Å²) < 4.78 is 10.2. The highest BCUT2D eigenvalue weighted by Gasteiger charge is 2.22. The maximum atomic E-state index is 12.5. The van der Waals surface area contributed by atoms with Gasteiger partial charge in [-0.3, -0.25) is 4.79 Å². The van der Waals surface area contributed by atoms with E-state index in [0.29, 0.717) is 24.8 Å². The molecule has 0 saturated carbocycles. The second kappa shape index (κ2) is 13.1. The van der Waals surface area contributed by atoms with Gasteiger partial charge in [-0.15, -0.1) is 23.2 Å². The molecule has 0 aromatic heterocycles. The number of aryl methyl sites for hydroxylation is 1. The minimum Gasteiger partial charge on any atom is -0.469 e. The summed E-state index contributed by atoms with van der Waals surface area (Å²) in [5.41, 5.74) is 3.51. The number of halogens is 2. The first kappa shape index (κ1) is 24.8. The third kappa shape index (κ3) is 7.96. The van der Waals surface area contributed by atoms with Crippen molar-refractivity contribution in [3.63, 3.8) is 0 Å². The van der Waals surface area contributed by atoms with E-state index < -0.39 is 18.1 Å². The fourth-order valence-corrected chi connectivity index (χ4v) is 3.58. The fraction of sp³-hybridized carbons (Fsp3) is 0.391. The molecule has 0 heterocycles. The van der Waals surface area contributed by atoms with Gasteiger partial charge in [0.2, 0.25) is 0 Å². The highest BCUT2D eigenvalue weighted by atomic mass is 35.5. The summed E-state index contributed by atoms with van der Waals surface area (Å²) in [5.74, 6) is 0.474. The first-order valence-corrected chi connectivity index (χ1v) is 11.1. The highest BCUT2D eigenvalue weighted by Crippen LogP contribution is 2.27. The second-order valence-corrected chi connectivity index (χ2v) is 7.70. The number of nitrogens with one attached hydrogen (secondary N) is 1. The molecule has 0 aliphatic rings. The van der Waals surface area contributed by atoms with Gasteiger partial charge in [0.25, 0.3) is 0 Å². The summed E-state index contributed by atoms with van der Waals surface area (Å²) in [7, 11) is 1.32. The summed E-state index contributed by atoms with van der Waals surface area (Å²) in [6.07, 6.45) is -0.632. The number of rotatable bonds is 11. The molecule has 8 heteroatoms. The van der Waals surface area contributed by atoms with Gasteiger partial charge < -0.3 is 19.7 Å². The van der Waals surface area contributed by atoms with E-state index in [9.17, 15) is 9.59 Å². The zero-order valence-electron chi connectivity index (χ0n) is 17.8. The van der Waals surface area contributed by atoms with Gasteiger partial charge in [-0.1, -0.05) is 36.4 Å². The number of ether oxygens (including phenoxy) is 2. The van der Waals surface area contributed by atoms with Crippen molar-refractivity contribution in [2.75, 3.05) is 36.9 Å². The first-order valence-electron chi connectivity index (χ1n) is 10.00. The van der Waals surface area contributed by atoms with Gasteiger partial charge in [0.15, 0.2) is 0 Å². The van der Waals surface area contributed by atoms with Crippen molar-refractivity contribution in [1.82, 2.24) is 5.32 Å². The summed E-state index contributed by atoms with van der Waals surface area (Å²) >= 11 is 11.9. The molecule has 1 N–H and O–H groups in total. The van der Waals surface area contributed by atoms with Crippen LogP contribution in [0.5, 0.6) is 0 Å². The number of benzene rings is 2. The topological polar surface area (TPSA) is 67.9 Å². The molecule has 0 aliphatic heterocycles. The summed E-state index contributed by atoms with van der Waals surface area (Å²) in [6.45, 7) is 3.32. The number of nitrogens with zero attached hydrogens (tertiary/aromatic N) is 1. The van der Waals surface area contributed by atoms with Crippen molar-refractivity contribution in [2.45, 2.75) is 26.0 Å². The predicted octanol–water partition coefficient (Wildman–Crippen LogP) is 4.81. The van der Waals surface area contributed by atoms with Crippen LogP contribution in [0.1, 0.15) is 29.2 Å². The Kier molecular flexibility index (Phi) is 10.5. The maximum Gasteiger partial charge on any atom is 0.407 e. The Morgan fingerprint density at radius 2 is 1.74 bits per heavy atom. The molecule has 0 spiro atoms. The molecule has 2 aromatic carbocycles. The number of methoxy groups -OCH3 is 1. The number of esters is 1. The first-order chi connectivity index (χ1) is 15.0. The van der Waals surface area contributed by atoms with Crippen molar-refractivity contribution < 1.29 is 19.1 Å². The van der Waals surface area contributed by atoms with E-state index in [4.69, 9.17) is 32.7 Å². The fourth-order valence-electron chi connectivity index (χ4n) is 3.17. The van der Waals surface area contributed by atoms with Gasteiger partial charge in [0, 0.05) is 30.5 Å². The molecule has 0 aliphatic carbocycles. The number of hydrogen-bond acceptors (Lipinski definition) is 5. The third-order valence-corrected chi connectivity index (χ3v) is 5.15. The van der Waals surface area contributed by atoms with E-state index in [0.717, 1.165) is 22.4 Å². The van der Waals surface area contributed by atoms with Gasteiger partial charge in [0.1, 0.15) is 6.61 Å². The highest BCUT2D eigenvalue weighted by molar-refractivity contribution is 6.18. The number of hydrogen-bond donors (Lipinski definition) is 1. The average molecular weight is 467 g/mol. The molecule has 0 radical (unpaired) electrons. The minimum atomic E-state index is -0.610. The van der Waals surface area contributed by atoms with Crippen LogP contribution in [0.3, 0.4) is 0 Å². The van der Waals surface area contributed by atoms with Crippen LogP contribution in [0, 0.1) is 6.92 Å². The average Bonchev–Trinajstić information content (AvgIpc) is 2.78. The molecule has 0 fully saturated rings. The van der Waals surface area contributed by atoms with Crippen LogP contribution in [0.2, 0.25) is 0 Å². The van der Waals surface area contributed by atoms with Crippen LogP contribution in [0.15, 0.2) is 48.5 Å². The standard InChI is InChI=1S/C23H28Cl2N2O4/c1-17-8-9-19(27(12-10-24)13-11-25)14-20(17)21(15-22(28)30-2)26-23(29)31-16-18-6-4-3-5-7-18/h3-9,14,21H,10-13,15-16H2,1-2H3,(H,26,29). The zero-order chi connectivity index (χ0) is 22.6. The molecule has 2 rings (SSSR count). The molecule has 0 bridgehead atoms. The van der Waals surface area contributed by atoms with Crippen molar-refractivity contribution in [1.29, 1.82) is 0 Å². The van der Waals surface area contributed by atoms with Crippen LogP contribution in [-0.2, 0) is 20.9 Å². The number of alkyl carbamates (subject to hydrolysis) is 1. The van der Waals surface area contributed by atoms with Gasteiger partial charge >= 0.3 is 12.1 Å².